The minimum atomic E-state index is -4.61. The van der Waals surface area contributed by atoms with E-state index in [9.17, 15) is 19.4 Å². The Hall–Kier alpha value is -1.02. The lowest BCUT2D eigenvalue weighted by Crippen LogP contribution is -2.45. The van der Waals surface area contributed by atoms with Gasteiger partial charge in [-0.25, -0.2) is 0 Å². The molecule has 2 N–H and O–H groups in total. The summed E-state index contributed by atoms with van der Waals surface area (Å²) in [4.78, 5) is 25.6. The number of unbranched alkanes of at least 4 members (excludes halogenated alkanes) is 46. The number of nitrogens with zero attached hydrogens (tertiary/aromatic N) is 1. The van der Waals surface area contributed by atoms with Crippen LogP contribution < -0.4 is 10.2 Å². The van der Waals surface area contributed by atoms with Crippen molar-refractivity contribution in [3.05, 3.63) is 24.3 Å². The minimum Gasteiger partial charge on any atom is -0.756 e. The van der Waals surface area contributed by atoms with Gasteiger partial charge in [0.1, 0.15) is 13.2 Å². The molecule has 0 aromatic rings. The van der Waals surface area contributed by atoms with E-state index in [1.165, 1.54) is 276 Å². The van der Waals surface area contributed by atoms with E-state index in [1.807, 2.05) is 27.2 Å². The van der Waals surface area contributed by atoms with Crippen molar-refractivity contribution in [2.24, 2.45) is 0 Å². The van der Waals surface area contributed by atoms with Gasteiger partial charge in [0.15, 0.2) is 0 Å². The van der Waals surface area contributed by atoms with E-state index in [-0.39, 0.29) is 19.1 Å². The number of phosphoric acid groups is 1. The van der Waals surface area contributed by atoms with E-state index in [2.05, 4.69) is 31.3 Å². The van der Waals surface area contributed by atoms with Gasteiger partial charge in [0, 0.05) is 6.42 Å². The average Bonchev–Trinajstić information content (AvgIpc) is 3.36. The molecule has 0 fully saturated rings. The van der Waals surface area contributed by atoms with Crippen LogP contribution in [0.25, 0.3) is 0 Å². The summed E-state index contributed by atoms with van der Waals surface area (Å²) in [5.41, 5.74) is 0. The van der Waals surface area contributed by atoms with Crippen molar-refractivity contribution in [1.82, 2.24) is 5.32 Å². The Morgan fingerprint density at radius 1 is 0.459 bits per heavy atom. The van der Waals surface area contributed by atoms with Crippen LogP contribution in [-0.2, 0) is 18.4 Å². The predicted molar refractivity (Wildman–Crippen MR) is 321 cm³/mol. The molecular formula is C65H129N2O6P. The molecule has 3 atom stereocenters. The zero-order chi connectivity index (χ0) is 54.2. The number of aliphatic hydroxyl groups is 1. The summed E-state index contributed by atoms with van der Waals surface area (Å²) >= 11 is 0. The number of hydrogen-bond acceptors (Lipinski definition) is 6. The summed E-state index contributed by atoms with van der Waals surface area (Å²) in [5.74, 6) is -0.199. The second-order valence-electron chi connectivity index (χ2n) is 23.8. The minimum absolute atomic E-state index is 0.00352. The topological polar surface area (TPSA) is 108 Å². The quantitative estimate of drug-likeness (QED) is 0.0272. The van der Waals surface area contributed by atoms with Crippen molar-refractivity contribution in [2.75, 3.05) is 40.9 Å². The first-order chi connectivity index (χ1) is 36.0. The Balaban J connectivity index is 4.12. The van der Waals surface area contributed by atoms with E-state index >= 15 is 0 Å². The van der Waals surface area contributed by atoms with Crippen LogP contribution in [0.2, 0.25) is 0 Å². The van der Waals surface area contributed by atoms with Crippen molar-refractivity contribution >= 4 is 13.7 Å². The number of allylic oxidation sites excluding steroid dienone is 3. The van der Waals surface area contributed by atoms with E-state index in [0.717, 1.165) is 38.5 Å². The number of aliphatic hydroxyl groups excluding tert-OH is 1. The van der Waals surface area contributed by atoms with Gasteiger partial charge in [-0.3, -0.25) is 9.36 Å². The van der Waals surface area contributed by atoms with Crippen molar-refractivity contribution in [2.45, 2.75) is 347 Å². The number of phosphoric ester groups is 1. The molecule has 0 aromatic heterocycles. The first-order valence-corrected chi connectivity index (χ1v) is 34.2. The molecule has 0 aliphatic carbocycles. The molecule has 440 valence electrons. The first kappa shape index (κ1) is 73.0. The van der Waals surface area contributed by atoms with Gasteiger partial charge in [0.25, 0.3) is 7.82 Å². The molecule has 1 amide bonds. The fraction of sp³-hybridized carbons (Fsp3) is 0.923. The maximum Gasteiger partial charge on any atom is 0.268 e. The zero-order valence-corrected chi connectivity index (χ0v) is 51.2. The van der Waals surface area contributed by atoms with Crippen LogP contribution in [0.5, 0.6) is 0 Å². The van der Waals surface area contributed by atoms with Gasteiger partial charge in [0.05, 0.1) is 39.9 Å². The summed E-state index contributed by atoms with van der Waals surface area (Å²) in [6, 6.07) is -0.901. The standard InChI is InChI=1S/C65H129N2O6P/c1-6-8-10-12-14-16-18-20-22-24-26-28-30-31-32-33-34-35-36-37-38-40-42-44-46-48-50-52-54-56-58-64(68)63(62-73-74(70,71)72-61-60-67(3,4)5)66-65(69)59-57-55-53-51-49-47-45-43-41-39-29-27-25-23-21-19-17-15-13-11-9-7-2/h48,50,56,58,63-64,68H,6-47,49,51-55,57,59-62H2,1-5H3,(H-,66,69,70,71)/b50-48+,58-56+. The molecule has 0 bridgehead atoms. The third-order valence-electron chi connectivity index (χ3n) is 15.2. The third kappa shape index (κ3) is 58.7. The number of carbonyl (C=O) groups excluding carboxylic acids is 1. The molecule has 0 saturated carbocycles. The lowest BCUT2D eigenvalue weighted by atomic mass is 10.0. The highest BCUT2D eigenvalue weighted by atomic mass is 31.2. The Labute approximate surface area is 462 Å². The lowest BCUT2D eigenvalue weighted by molar-refractivity contribution is -0.870. The average molecular weight is 1070 g/mol. The van der Waals surface area contributed by atoms with Crippen LogP contribution in [0.1, 0.15) is 335 Å². The molecule has 9 heteroatoms. The van der Waals surface area contributed by atoms with E-state index < -0.39 is 20.0 Å². The molecule has 3 unspecified atom stereocenters. The lowest BCUT2D eigenvalue weighted by Gasteiger charge is -2.29. The van der Waals surface area contributed by atoms with E-state index in [4.69, 9.17) is 9.05 Å². The van der Waals surface area contributed by atoms with Crippen molar-refractivity contribution in [3.8, 4) is 0 Å². The Kier molecular flexibility index (Phi) is 55.9. The fourth-order valence-electron chi connectivity index (χ4n) is 10.1. The van der Waals surface area contributed by atoms with E-state index in [1.54, 1.807) is 6.08 Å². The first-order valence-electron chi connectivity index (χ1n) is 32.7. The SMILES string of the molecule is CCCCCCCCCCCCCCCCCCCCCCCCCC/C=C/CC/C=C/C(O)C(COP(=O)([O-])OCC[N+](C)(C)C)NC(=O)CCCCCCCCCCCCCCCCCCCCCCCC. The molecule has 0 spiro atoms. The number of amides is 1. The number of rotatable bonds is 61. The van der Waals surface area contributed by atoms with Crippen LogP contribution in [0, 0.1) is 0 Å². The van der Waals surface area contributed by atoms with Gasteiger partial charge in [-0.15, -0.1) is 0 Å². The highest BCUT2D eigenvalue weighted by Gasteiger charge is 2.23. The Bertz CT molecular complexity index is 1260. The molecule has 0 saturated heterocycles. The molecule has 0 radical (unpaired) electrons. The number of nitrogens with one attached hydrogen (secondary N) is 1. The summed E-state index contributed by atoms with van der Waals surface area (Å²) in [6.45, 7) is 4.69. The van der Waals surface area contributed by atoms with Gasteiger partial charge >= 0.3 is 0 Å². The summed E-state index contributed by atoms with van der Waals surface area (Å²) in [7, 11) is 1.26. The summed E-state index contributed by atoms with van der Waals surface area (Å²) in [6.07, 6.45) is 72.9. The molecule has 0 aliphatic heterocycles. The molecule has 0 heterocycles. The maximum absolute atomic E-state index is 13.0. The molecule has 0 aromatic carbocycles. The molecule has 8 nitrogen and oxygen atoms in total. The van der Waals surface area contributed by atoms with Gasteiger partial charge in [-0.1, -0.05) is 321 Å². The van der Waals surface area contributed by atoms with Crippen LogP contribution >= 0.6 is 7.82 Å². The highest BCUT2D eigenvalue weighted by molar-refractivity contribution is 7.45. The van der Waals surface area contributed by atoms with Crippen molar-refractivity contribution < 1.29 is 32.9 Å². The van der Waals surface area contributed by atoms with Crippen molar-refractivity contribution in [1.29, 1.82) is 0 Å². The van der Waals surface area contributed by atoms with Crippen molar-refractivity contribution in [3.63, 3.8) is 0 Å². The largest absolute Gasteiger partial charge is 0.756 e. The highest BCUT2D eigenvalue weighted by Crippen LogP contribution is 2.38. The van der Waals surface area contributed by atoms with E-state index in [0.29, 0.717) is 17.4 Å². The van der Waals surface area contributed by atoms with Gasteiger partial charge in [0.2, 0.25) is 5.91 Å². The van der Waals surface area contributed by atoms with Gasteiger partial charge in [-0.05, 0) is 32.1 Å². The van der Waals surface area contributed by atoms with Crippen LogP contribution in [-0.4, -0.2) is 68.5 Å². The smallest absolute Gasteiger partial charge is 0.268 e. The molecule has 0 rings (SSSR count). The van der Waals surface area contributed by atoms with Gasteiger partial charge in [-0.2, -0.15) is 0 Å². The number of carbonyl (C=O) groups is 1. The normalized spacial score (nSPS) is 13.9. The second kappa shape index (κ2) is 56.7. The zero-order valence-electron chi connectivity index (χ0n) is 50.3. The number of quaternary nitrogens is 1. The second-order valence-corrected chi connectivity index (χ2v) is 25.2. The third-order valence-corrected chi connectivity index (χ3v) is 16.1. The van der Waals surface area contributed by atoms with Gasteiger partial charge < -0.3 is 28.8 Å². The Morgan fingerprint density at radius 3 is 1.09 bits per heavy atom. The Morgan fingerprint density at radius 2 is 0.757 bits per heavy atom. The monoisotopic (exact) mass is 1060 g/mol. The molecule has 74 heavy (non-hydrogen) atoms. The summed E-state index contributed by atoms with van der Waals surface area (Å²) in [5, 5.41) is 13.9. The maximum atomic E-state index is 13.0. The number of likely N-dealkylation sites (N-methyl/N-ethyl adjacent to an activating group) is 1. The van der Waals surface area contributed by atoms with Crippen LogP contribution in [0.4, 0.5) is 0 Å². The fourth-order valence-corrected chi connectivity index (χ4v) is 10.8. The molecular weight excluding hydrogens is 936 g/mol. The summed E-state index contributed by atoms with van der Waals surface area (Å²) < 4.78 is 23.4. The van der Waals surface area contributed by atoms with Crippen LogP contribution in [0.15, 0.2) is 24.3 Å². The predicted octanol–water partition coefficient (Wildman–Crippen LogP) is 19.7. The van der Waals surface area contributed by atoms with Crippen LogP contribution in [0.3, 0.4) is 0 Å². The number of hydrogen-bond donors (Lipinski definition) is 2. The molecule has 0 aliphatic rings.